The lowest BCUT2D eigenvalue weighted by Crippen LogP contribution is -2.81. The zero-order chi connectivity index (χ0) is 64.7. The summed E-state index contributed by atoms with van der Waals surface area (Å²) >= 11 is 9.53. The first-order valence-corrected chi connectivity index (χ1v) is 28.5. The third kappa shape index (κ3) is 11.5. The van der Waals surface area contributed by atoms with Crippen molar-refractivity contribution in [1.82, 2.24) is 0 Å². The number of halogens is 22. The molecule has 27 heteroatoms. The van der Waals surface area contributed by atoms with Crippen LogP contribution in [0.15, 0.2) is 60.4 Å². The highest BCUT2D eigenvalue weighted by Crippen LogP contribution is 2.46. The van der Waals surface area contributed by atoms with Gasteiger partial charge >= 0.3 is 8.64 Å². The van der Waals surface area contributed by atoms with E-state index in [0.29, 0.717) is 30.3 Å². The highest BCUT2D eigenvalue weighted by atomic mass is 35.5. The Morgan fingerprint density at radius 3 is 0.918 bits per heavy atom. The van der Waals surface area contributed by atoms with Crippen LogP contribution in [0.1, 0.15) is 122 Å². The summed E-state index contributed by atoms with van der Waals surface area (Å²) in [4.78, 5) is 0. The van der Waals surface area contributed by atoms with Gasteiger partial charge in [-0.15, -0.1) is 45.1 Å². The molecule has 85 heavy (non-hydrogen) atoms. The first-order chi connectivity index (χ1) is 39.5. The molecule has 6 aromatic carbocycles. The average molecular weight is 1280 g/mol. The molecular formula is C58H51BCl2F20N2OSi. The maximum absolute atomic E-state index is 15.4. The Kier molecular flexibility index (Phi) is 21.9. The van der Waals surface area contributed by atoms with Crippen LogP contribution in [0, 0.1) is 116 Å². The minimum absolute atomic E-state index is 0.194. The average Bonchev–Trinajstić information content (AvgIpc) is 0.737. The van der Waals surface area contributed by atoms with Crippen LogP contribution in [0.25, 0.3) is 0 Å². The molecule has 0 radical (unpaired) electrons. The molecule has 0 amide bonds. The van der Waals surface area contributed by atoms with E-state index in [-0.39, 0.29) is 5.34 Å². The zero-order valence-corrected chi connectivity index (χ0v) is 49.3. The van der Waals surface area contributed by atoms with Gasteiger partial charge in [-0.3, -0.25) is 4.57 Å². The smallest absolute Gasteiger partial charge is 0.343 e. The highest BCUT2D eigenvalue weighted by molar-refractivity contribution is 7.20. The number of hydrogen-bond donors (Lipinski definition) is 0. The predicted octanol–water partition coefficient (Wildman–Crippen LogP) is 16.7. The molecule has 460 valence electrons. The molecule has 3 nitrogen and oxygen atoms in total. The number of nitrogens with zero attached hydrogens (tertiary/aromatic N) is 2. The highest BCUT2D eigenvalue weighted by Gasteiger charge is 2.62. The molecule has 0 bridgehead atoms. The molecule has 1 aliphatic rings. The van der Waals surface area contributed by atoms with E-state index >= 15 is 35.1 Å². The van der Waals surface area contributed by atoms with Crippen LogP contribution in [0.5, 0.6) is 0 Å². The maximum atomic E-state index is 15.4. The van der Waals surface area contributed by atoms with E-state index in [0.717, 1.165) is 0 Å². The van der Waals surface area contributed by atoms with Gasteiger partial charge in [0.25, 0.3) is 0 Å². The Morgan fingerprint density at radius 1 is 0.459 bits per heavy atom. The molecule has 0 spiro atoms. The van der Waals surface area contributed by atoms with Crippen LogP contribution in [-0.4, -0.2) is 36.7 Å². The molecule has 6 aromatic rings. The van der Waals surface area contributed by atoms with Gasteiger partial charge in [0, 0.05) is 47.8 Å². The molecule has 0 saturated heterocycles. The quantitative estimate of drug-likeness (QED) is 0.0376. The fraction of sp³-hybridized carbons (Fsp3) is 0.293. The summed E-state index contributed by atoms with van der Waals surface area (Å²) in [5.74, 6) is -69.9. The maximum Gasteiger partial charge on any atom is 0.675 e. The van der Waals surface area contributed by atoms with Crippen molar-refractivity contribution in [3.63, 3.8) is 0 Å². The van der Waals surface area contributed by atoms with E-state index in [9.17, 15) is 52.7 Å². The SMILES string of the molecule is C=C[Si@]1(OCC)N(c2c(C(C)C)cccc2C(C)C)C(C)=CC(C)=[N+]1c1c(C(C)C)cccc1C(C)C.ClCCl.Fc1c(F)c(F)c([B-](c2c(F)c(F)c(F)c(F)c2F)(c2c(F)c(F)c(F)c(F)c2F)c2c(F)c(F)c(F)c(F)c2F)c(F)c1F. The lowest BCUT2D eigenvalue weighted by Gasteiger charge is -2.44. The number of anilines is 1. The van der Waals surface area contributed by atoms with Crippen LogP contribution in [0.3, 0.4) is 0 Å². The number of para-hydroxylation sites is 2. The van der Waals surface area contributed by atoms with Gasteiger partial charge in [-0.25, -0.2) is 92.0 Å². The summed E-state index contributed by atoms with van der Waals surface area (Å²) < 4.78 is 306. The Morgan fingerprint density at radius 2 is 0.694 bits per heavy atom. The number of allylic oxidation sites excluding steroid dienone is 2. The summed E-state index contributed by atoms with van der Waals surface area (Å²) in [6, 6.07) is 13.6. The van der Waals surface area contributed by atoms with Crippen molar-refractivity contribution < 1.29 is 96.5 Å². The standard InChI is InChI=1S/C33H49N2OSi.C24BF20.CH2Cl2/c1-13-36-37(14-2)34(32-28(22(3)4)17-15-18-29(32)23(5)6)26(11)21-27(12)35(37)33-30(24(7)8)19-16-20-31(33)25(9)10;26-5-1(6(27)14(35)21(42)13(5)34)25(2-7(28)15(36)22(43)16(37)8(2)29,3-9(30)17(38)23(44)18(39)10(3)31)4-11(32)19(40)24(45)20(41)12(4)33;2-1-3/h14-25H,2,13H2,1,3-12H3;;1H2/q+1;-1;. The van der Waals surface area contributed by atoms with Gasteiger partial charge in [0.1, 0.15) is 52.7 Å². The number of hydrogen-bond acceptors (Lipinski definition) is 2. The van der Waals surface area contributed by atoms with E-state index < -0.39 is 153 Å². The van der Waals surface area contributed by atoms with Gasteiger partial charge in [0.05, 0.1) is 5.34 Å². The van der Waals surface area contributed by atoms with Crippen LogP contribution >= 0.6 is 23.2 Å². The van der Waals surface area contributed by atoms with E-state index in [1.165, 1.54) is 45.0 Å². The third-order valence-electron chi connectivity index (χ3n) is 14.2. The van der Waals surface area contributed by atoms with Crippen molar-refractivity contribution in [3.8, 4) is 0 Å². The predicted molar refractivity (Wildman–Crippen MR) is 289 cm³/mol. The van der Waals surface area contributed by atoms with Crippen molar-refractivity contribution in [2.45, 2.75) is 99.8 Å². The monoisotopic (exact) mass is 1280 g/mol. The van der Waals surface area contributed by atoms with Crippen molar-refractivity contribution in [3.05, 3.63) is 199 Å². The summed E-state index contributed by atoms with van der Waals surface area (Å²) in [5.41, 5.74) is -1.71. The summed E-state index contributed by atoms with van der Waals surface area (Å²) in [6.45, 7) is 30.1. The van der Waals surface area contributed by atoms with Gasteiger partial charge in [-0.1, -0.05) is 98.4 Å². The molecular weight excluding hydrogens is 1230 g/mol. The molecule has 7 rings (SSSR count). The Labute approximate surface area is 487 Å². The molecule has 0 N–H and O–H groups in total. The van der Waals surface area contributed by atoms with E-state index in [2.05, 4.69) is 140 Å². The van der Waals surface area contributed by atoms with Crippen LogP contribution in [0.4, 0.5) is 99.2 Å². The second kappa shape index (κ2) is 26.8. The molecule has 1 aliphatic heterocycles. The summed E-state index contributed by atoms with van der Waals surface area (Å²) in [5, 5.41) is 0.194. The molecule has 0 aliphatic carbocycles. The van der Waals surface area contributed by atoms with Gasteiger partial charge < -0.3 is 4.43 Å². The third-order valence-corrected chi connectivity index (χ3v) is 17.9. The topological polar surface area (TPSA) is 15.5 Å². The first-order valence-electron chi connectivity index (χ1n) is 25.5. The van der Waals surface area contributed by atoms with Crippen molar-refractivity contribution in [2.24, 2.45) is 0 Å². The molecule has 1 atom stereocenters. The number of alkyl halides is 2. The number of rotatable bonds is 13. The van der Waals surface area contributed by atoms with Crippen molar-refractivity contribution >= 4 is 76.9 Å². The fourth-order valence-corrected chi connectivity index (χ4v) is 14.4. The van der Waals surface area contributed by atoms with Gasteiger partial charge in [-0.05, 0) is 48.6 Å². The van der Waals surface area contributed by atoms with Gasteiger partial charge in [0.15, 0.2) is 81.2 Å². The second-order valence-corrected chi connectivity index (χ2v) is 24.2. The van der Waals surface area contributed by atoms with E-state index in [1.807, 2.05) is 0 Å². The normalized spacial score (nSPS) is 14.6. The largest absolute Gasteiger partial charge is 0.675 e. The van der Waals surface area contributed by atoms with E-state index in [4.69, 9.17) is 27.6 Å². The molecule has 0 unspecified atom stereocenters. The van der Waals surface area contributed by atoms with Gasteiger partial charge in [0.2, 0.25) is 0 Å². The molecule has 0 fully saturated rings. The lowest BCUT2D eigenvalue weighted by atomic mass is 9.12. The minimum Gasteiger partial charge on any atom is -0.343 e. The van der Waals surface area contributed by atoms with Crippen LogP contribution in [-0.2, 0) is 4.43 Å². The van der Waals surface area contributed by atoms with Crippen molar-refractivity contribution in [2.75, 3.05) is 16.5 Å². The fourth-order valence-electron chi connectivity index (χ4n) is 10.7. The summed E-state index contributed by atoms with van der Waals surface area (Å²) in [7, 11) is -3.01. The lowest BCUT2D eigenvalue weighted by molar-refractivity contribution is -0.322. The zero-order valence-electron chi connectivity index (χ0n) is 46.7. The first kappa shape index (κ1) is 69.5. The Balaban J connectivity index is 0.000000302. The van der Waals surface area contributed by atoms with Crippen LogP contribution < -0.4 is 26.4 Å². The Bertz CT molecular complexity index is 3240. The summed E-state index contributed by atoms with van der Waals surface area (Å²) in [6.07, 6.45) is -4.87. The van der Waals surface area contributed by atoms with Gasteiger partial charge in [-0.2, -0.15) is 0 Å². The van der Waals surface area contributed by atoms with E-state index in [1.54, 1.807) is 0 Å². The molecule has 0 saturated carbocycles. The minimum atomic E-state index is -7.22. The Hall–Kier alpha value is -6.31. The molecule has 1 heterocycles. The van der Waals surface area contributed by atoms with Crippen LogP contribution in [0.2, 0.25) is 0 Å². The molecule has 0 aromatic heterocycles. The van der Waals surface area contributed by atoms with Crippen molar-refractivity contribution in [1.29, 1.82) is 0 Å². The number of benzene rings is 6. The second-order valence-electron chi connectivity index (χ2n) is 20.5.